The Labute approximate surface area is 102 Å². The molecule has 0 aliphatic carbocycles. The zero-order valence-corrected chi connectivity index (χ0v) is 10.3. The molecule has 0 fully saturated rings. The molecule has 1 aromatic carbocycles. The molecule has 3 heteroatoms. The van der Waals surface area contributed by atoms with E-state index in [0.717, 1.165) is 17.5 Å². The molecular formula is C14H17NO2. The van der Waals surface area contributed by atoms with Gasteiger partial charge in [0.15, 0.2) is 0 Å². The molecule has 0 radical (unpaired) electrons. The number of hydrogen-bond acceptors (Lipinski definition) is 3. The molecule has 3 nitrogen and oxygen atoms in total. The number of ether oxygens (including phenoxy) is 1. The van der Waals surface area contributed by atoms with E-state index in [1.807, 2.05) is 31.2 Å². The Balaban J connectivity index is 2.82. The normalized spacial score (nSPS) is 11.6. The van der Waals surface area contributed by atoms with E-state index in [9.17, 15) is 4.79 Å². The van der Waals surface area contributed by atoms with Crippen LogP contribution in [-0.2, 0) is 16.0 Å². The molecule has 0 amide bonds. The highest BCUT2D eigenvalue weighted by Crippen LogP contribution is 2.21. The molecule has 0 aromatic heterocycles. The monoisotopic (exact) mass is 231 g/mol. The van der Waals surface area contributed by atoms with Crippen LogP contribution < -0.4 is 0 Å². The van der Waals surface area contributed by atoms with Gasteiger partial charge in [-0.2, -0.15) is 5.26 Å². The zero-order valence-electron chi connectivity index (χ0n) is 10.3. The van der Waals surface area contributed by atoms with Crippen LogP contribution in [0.25, 0.3) is 0 Å². The Morgan fingerprint density at radius 3 is 2.47 bits per heavy atom. The second kappa shape index (κ2) is 6.70. The molecule has 0 N–H and O–H groups in total. The van der Waals surface area contributed by atoms with Crippen LogP contribution in [0.3, 0.4) is 0 Å². The average Bonchev–Trinajstić information content (AvgIpc) is 2.33. The Morgan fingerprint density at radius 2 is 2.00 bits per heavy atom. The third kappa shape index (κ3) is 3.60. The third-order valence-corrected chi connectivity index (χ3v) is 2.64. The molecule has 1 rings (SSSR count). The summed E-state index contributed by atoms with van der Waals surface area (Å²) in [5.41, 5.74) is 1.92. The molecular weight excluding hydrogens is 214 g/mol. The standard InChI is InChI=1S/C14H17NO2/c1-3-13(14(16)17-4-2)12-7-5-11(6-8-12)9-10-15/h5-8,13H,3-4,9H2,1-2H3. The van der Waals surface area contributed by atoms with Gasteiger partial charge in [-0.05, 0) is 24.5 Å². The predicted octanol–water partition coefficient (Wildman–Crippen LogP) is 2.81. The predicted molar refractivity (Wildman–Crippen MR) is 65.4 cm³/mol. The van der Waals surface area contributed by atoms with Crippen molar-refractivity contribution in [2.24, 2.45) is 0 Å². The Hall–Kier alpha value is -1.82. The van der Waals surface area contributed by atoms with Crippen molar-refractivity contribution in [2.45, 2.75) is 32.6 Å². The summed E-state index contributed by atoms with van der Waals surface area (Å²) in [5, 5.41) is 8.58. The van der Waals surface area contributed by atoms with Crippen LogP contribution in [-0.4, -0.2) is 12.6 Å². The molecule has 0 spiro atoms. The number of benzene rings is 1. The van der Waals surface area contributed by atoms with Crippen molar-refractivity contribution in [3.63, 3.8) is 0 Å². The topological polar surface area (TPSA) is 50.1 Å². The number of nitriles is 1. The van der Waals surface area contributed by atoms with Crippen LogP contribution in [0.2, 0.25) is 0 Å². The molecule has 1 unspecified atom stereocenters. The van der Waals surface area contributed by atoms with Crippen molar-refractivity contribution < 1.29 is 9.53 Å². The van der Waals surface area contributed by atoms with Gasteiger partial charge in [0.1, 0.15) is 0 Å². The first-order valence-electron chi connectivity index (χ1n) is 5.85. The number of carbonyl (C=O) groups is 1. The summed E-state index contributed by atoms with van der Waals surface area (Å²) in [5.74, 6) is -0.380. The van der Waals surface area contributed by atoms with Crippen molar-refractivity contribution >= 4 is 5.97 Å². The number of rotatable bonds is 5. The minimum absolute atomic E-state index is 0.178. The van der Waals surface area contributed by atoms with Crippen LogP contribution in [0.4, 0.5) is 0 Å². The van der Waals surface area contributed by atoms with Crippen LogP contribution >= 0.6 is 0 Å². The van der Waals surface area contributed by atoms with Gasteiger partial charge in [0.05, 0.1) is 25.0 Å². The van der Waals surface area contributed by atoms with Gasteiger partial charge in [-0.15, -0.1) is 0 Å². The molecule has 1 atom stereocenters. The number of nitrogens with zero attached hydrogens (tertiary/aromatic N) is 1. The summed E-state index contributed by atoms with van der Waals surface area (Å²) >= 11 is 0. The summed E-state index contributed by atoms with van der Waals surface area (Å²) in [6, 6.07) is 9.68. The van der Waals surface area contributed by atoms with Gasteiger partial charge in [-0.1, -0.05) is 31.2 Å². The fourth-order valence-electron chi connectivity index (χ4n) is 1.74. The molecule has 90 valence electrons. The minimum atomic E-state index is -0.203. The van der Waals surface area contributed by atoms with E-state index in [1.54, 1.807) is 6.92 Å². The quantitative estimate of drug-likeness (QED) is 0.732. The lowest BCUT2D eigenvalue weighted by atomic mass is 9.95. The van der Waals surface area contributed by atoms with Crippen molar-refractivity contribution in [1.82, 2.24) is 0 Å². The van der Waals surface area contributed by atoms with Gasteiger partial charge in [0.25, 0.3) is 0 Å². The fraction of sp³-hybridized carbons (Fsp3) is 0.429. The zero-order chi connectivity index (χ0) is 12.7. The van der Waals surface area contributed by atoms with Crippen molar-refractivity contribution in [3.05, 3.63) is 35.4 Å². The fourth-order valence-corrected chi connectivity index (χ4v) is 1.74. The lowest BCUT2D eigenvalue weighted by Gasteiger charge is -2.14. The van der Waals surface area contributed by atoms with E-state index in [1.165, 1.54) is 0 Å². The van der Waals surface area contributed by atoms with E-state index in [-0.39, 0.29) is 11.9 Å². The average molecular weight is 231 g/mol. The highest BCUT2D eigenvalue weighted by Gasteiger charge is 2.19. The van der Waals surface area contributed by atoms with Crippen molar-refractivity contribution in [3.8, 4) is 6.07 Å². The minimum Gasteiger partial charge on any atom is -0.466 e. The summed E-state index contributed by atoms with van der Waals surface area (Å²) in [7, 11) is 0. The second-order valence-electron chi connectivity index (χ2n) is 3.79. The first-order chi connectivity index (χ1) is 8.22. The van der Waals surface area contributed by atoms with Crippen LogP contribution in [0.1, 0.15) is 37.3 Å². The van der Waals surface area contributed by atoms with Crippen molar-refractivity contribution in [1.29, 1.82) is 5.26 Å². The molecule has 0 saturated heterocycles. The lowest BCUT2D eigenvalue weighted by molar-refractivity contribution is -0.145. The molecule has 0 aliphatic heterocycles. The van der Waals surface area contributed by atoms with E-state index in [0.29, 0.717) is 13.0 Å². The third-order valence-electron chi connectivity index (χ3n) is 2.64. The van der Waals surface area contributed by atoms with E-state index in [2.05, 4.69) is 6.07 Å². The molecule has 0 heterocycles. The van der Waals surface area contributed by atoms with Crippen LogP contribution in [0.15, 0.2) is 24.3 Å². The van der Waals surface area contributed by atoms with Gasteiger partial charge in [0.2, 0.25) is 0 Å². The van der Waals surface area contributed by atoms with E-state index in [4.69, 9.17) is 10.00 Å². The van der Waals surface area contributed by atoms with Gasteiger partial charge in [0, 0.05) is 0 Å². The molecule has 0 aliphatic rings. The largest absolute Gasteiger partial charge is 0.466 e. The van der Waals surface area contributed by atoms with E-state index < -0.39 is 0 Å². The summed E-state index contributed by atoms with van der Waals surface area (Å²) in [6.45, 7) is 4.17. The molecule has 0 saturated carbocycles. The Bertz CT molecular complexity index is 403. The van der Waals surface area contributed by atoms with Crippen LogP contribution in [0.5, 0.6) is 0 Å². The Morgan fingerprint density at radius 1 is 1.35 bits per heavy atom. The van der Waals surface area contributed by atoms with Crippen molar-refractivity contribution in [2.75, 3.05) is 6.61 Å². The highest BCUT2D eigenvalue weighted by molar-refractivity contribution is 5.78. The maximum absolute atomic E-state index is 11.7. The molecule has 0 bridgehead atoms. The van der Waals surface area contributed by atoms with Gasteiger partial charge in [-0.3, -0.25) is 4.79 Å². The summed E-state index contributed by atoms with van der Waals surface area (Å²) in [6.07, 6.45) is 1.12. The lowest BCUT2D eigenvalue weighted by Crippen LogP contribution is -2.15. The number of hydrogen-bond donors (Lipinski definition) is 0. The van der Waals surface area contributed by atoms with Crippen LogP contribution in [0, 0.1) is 11.3 Å². The molecule has 1 aromatic rings. The summed E-state index contributed by atoms with van der Waals surface area (Å²) in [4.78, 5) is 11.7. The maximum atomic E-state index is 11.7. The maximum Gasteiger partial charge on any atom is 0.313 e. The number of esters is 1. The van der Waals surface area contributed by atoms with E-state index >= 15 is 0 Å². The highest BCUT2D eigenvalue weighted by atomic mass is 16.5. The second-order valence-corrected chi connectivity index (χ2v) is 3.79. The number of carbonyl (C=O) groups excluding carboxylic acids is 1. The first kappa shape index (κ1) is 13.2. The SMILES string of the molecule is CCOC(=O)C(CC)c1ccc(CC#N)cc1. The van der Waals surface area contributed by atoms with Gasteiger partial charge in [-0.25, -0.2) is 0 Å². The van der Waals surface area contributed by atoms with Gasteiger partial charge < -0.3 is 4.74 Å². The molecule has 17 heavy (non-hydrogen) atoms. The summed E-state index contributed by atoms with van der Waals surface area (Å²) < 4.78 is 5.04. The Kier molecular flexibility index (Phi) is 5.22. The first-order valence-corrected chi connectivity index (χ1v) is 5.85. The van der Waals surface area contributed by atoms with Gasteiger partial charge >= 0.3 is 5.97 Å². The smallest absolute Gasteiger partial charge is 0.313 e.